The molecule has 2 rings (SSSR count). The zero-order chi connectivity index (χ0) is 11.5. The van der Waals surface area contributed by atoms with E-state index >= 15 is 0 Å². The molecule has 2 aromatic rings. The molecule has 0 saturated carbocycles. The first kappa shape index (κ1) is 10.7. The van der Waals surface area contributed by atoms with Crippen LogP contribution in [-0.4, -0.2) is 36.8 Å². The van der Waals surface area contributed by atoms with E-state index in [4.69, 9.17) is 4.52 Å². The summed E-state index contributed by atoms with van der Waals surface area (Å²) in [6.07, 6.45) is 1.38. The summed E-state index contributed by atoms with van der Waals surface area (Å²) >= 11 is 0. The fraction of sp³-hybridized carbons (Fsp3) is 0.556. The second kappa shape index (κ2) is 4.40. The maximum atomic E-state index is 9.66. The molecule has 0 aliphatic rings. The maximum Gasteiger partial charge on any atom is 0.229 e. The van der Waals surface area contributed by atoms with Crippen LogP contribution in [0.4, 0.5) is 0 Å². The Balaban J connectivity index is 2.08. The molecule has 0 fully saturated rings. The average molecular weight is 223 g/mol. The minimum absolute atomic E-state index is 0.155. The fourth-order valence-corrected chi connectivity index (χ4v) is 1.17. The Bertz CT molecular complexity index is 436. The van der Waals surface area contributed by atoms with Crippen molar-refractivity contribution in [1.29, 1.82) is 0 Å². The van der Waals surface area contributed by atoms with Crippen molar-refractivity contribution < 1.29 is 9.63 Å². The lowest BCUT2D eigenvalue weighted by Gasteiger charge is -2.10. The van der Waals surface area contributed by atoms with Crippen LogP contribution in [0.1, 0.15) is 19.7 Å². The monoisotopic (exact) mass is 223 g/mol. The number of aromatic amines is 1. The summed E-state index contributed by atoms with van der Waals surface area (Å²) in [5.74, 6) is 0.932. The molecule has 0 saturated heterocycles. The molecule has 0 aliphatic carbocycles. The fourth-order valence-electron chi connectivity index (χ4n) is 1.17. The van der Waals surface area contributed by atoms with E-state index in [1.807, 2.05) is 13.8 Å². The maximum absolute atomic E-state index is 9.66. The van der Waals surface area contributed by atoms with E-state index in [-0.39, 0.29) is 5.92 Å². The number of hydrogen-bond donors (Lipinski definition) is 2. The van der Waals surface area contributed by atoms with Crippen LogP contribution in [0.15, 0.2) is 10.7 Å². The highest BCUT2D eigenvalue weighted by molar-refractivity contribution is 5.44. The lowest BCUT2D eigenvalue weighted by Crippen LogP contribution is -2.17. The van der Waals surface area contributed by atoms with Gasteiger partial charge in [0.15, 0.2) is 5.69 Å². The number of H-pyrrole nitrogens is 1. The number of aliphatic hydroxyl groups excluding tert-OH is 1. The highest BCUT2D eigenvalue weighted by Gasteiger charge is 2.16. The predicted molar refractivity (Wildman–Crippen MR) is 54.2 cm³/mol. The molecule has 2 heterocycles. The third kappa shape index (κ3) is 2.25. The van der Waals surface area contributed by atoms with Gasteiger partial charge in [0.05, 0.1) is 18.7 Å². The van der Waals surface area contributed by atoms with Gasteiger partial charge in [-0.3, -0.25) is 0 Å². The van der Waals surface area contributed by atoms with Crippen molar-refractivity contribution in [3.8, 4) is 11.5 Å². The number of nitrogens with one attached hydrogen (secondary N) is 1. The highest BCUT2D eigenvalue weighted by atomic mass is 16.5. The van der Waals surface area contributed by atoms with Crippen molar-refractivity contribution >= 4 is 0 Å². The Morgan fingerprint density at radius 3 is 2.94 bits per heavy atom. The molecule has 1 atom stereocenters. The van der Waals surface area contributed by atoms with E-state index in [0.717, 1.165) is 0 Å². The van der Waals surface area contributed by atoms with Gasteiger partial charge in [-0.25, -0.2) is 0 Å². The molecular formula is C9H13N5O2. The van der Waals surface area contributed by atoms with Crippen molar-refractivity contribution in [1.82, 2.24) is 25.6 Å². The Morgan fingerprint density at radius 1 is 1.50 bits per heavy atom. The number of hydrogen-bond acceptors (Lipinski definition) is 6. The molecule has 1 unspecified atom stereocenters. The number of aliphatic hydroxyl groups is 1. The van der Waals surface area contributed by atoms with Crippen molar-refractivity contribution in [3.63, 3.8) is 0 Å². The number of nitrogens with zero attached hydrogens (tertiary/aromatic N) is 4. The zero-order valence-electron chi connectivity index (χ0n) is 9.08. The number of rotatable bonds is 4. The van der Waals surface area contributed by atoms with E-state index in [2.05, 4.69) is 25.6 Å². The largest absolute Gasteiger partial charge is 0.392 e. The minimum Gasteiger partial charge on any atom is -0.392 e. The summed E-state index contributed by atoms with van der Waals surface area (Å²) in [7, 11) is 0. The molecule has 2 N–H and O–H groups in total. The summed E-state index contributed by atoms with van der Waals surface area (Å²) in [6.45, 7) is 3.86. The first-order chi connectivity index (χ1) is 7.66. The lowest BCUT2D eigenvalue weighted by atomic mass is 10.0. The average Bonchev–Trinajstić information content (AvgIpc) is 2.85. The standard InChI is InChI=1S/C9H13N5O2/c1-5(2)7(15)3-8-11-9(13-16-8)6-4-10-14-12-6/h4-5,7,15H,3H2,1-2H3,(H,10,12,14). The molecule has 0 aliphatic heterocycles. The van der Waals surface area contributed by atoms with Gasteiger partial charge in [-0.15, -0.1) is 0 Å². The second-order valence-corrected chi connectivity index (χ2v) is 3.88. The molecule has 7 heteroatoms. The SMILES string of the molecule is CC(C)C(O)Cc1nc(-c2cn[nH]n2)no1. The predicted octanol–water partition coefficient (Wildman–Crippen LogP) is 0.414. The van der Waals surface area contributed by atoms with Crippen LogP contribution in [0, 0.1) is 5.92 Å². The first-order valence-electron chi connectivity index (χ1n) is 5.03. The molecule has 16 heavy (non-hydrogen) atoms. The lowest BCUT2D eigenvalue weighted by molar-refractivity contribution is 0.116. The van der Waals surface area contributed by atoms with Gasteiger partial charge in [-0.2, -0.15) is 20.4 Å². The molecular weight excluding hydrogens is 210 g/mol. The van der Waals surface area contributed by atoms with Gasteiger partial charge in [-0.1, -0.05) is 19.0 Å². The van der Waals surface area contributed by atoms with Gasteiger partial charge in [-0.05, 0) is 5.92 Å². The van der Waals surface area contributed by atoms with Crippen molar-refractivity contribution in [3.05, 3.63) is 12.1 Å². The normalized spacial score (nSPS) is 13.2. The zero-order valence-corrected chi connectivity index (χ0v) is 9.08. The second-order valence-electron chi connectivity index (χ2n) is 3.88. The van der Waals surface area contributed by atoms with Gasteiger partial charge >= 0.3 is 0 Å². The molecule has 0 radical (unpaired) electrons. The van der Waals surface area contributed by atoms with E-state index in [9.17, 15) is 5.11 Å². The summed E-state index contributed by atoms with van der Waals surface area (Å²) in [6, 6.07) is 0. The molecule has 2 aromatic heterocycles. The third-order valence-corrected chi connectivity index (χ3v) is 2.27. The molecule has 0 aromatic carbocycles. The van der Waals surface area contributed by atoms with Gasteiger partial charge < -0.3 is 9.63 Å². The van der Waals surface area contributed by atoms with Gasteiger partial charge in [0.1, 0.15) is 0 Å². The Hall–Kier alpha value is -1.76. The molecule has 0 spiro atoms. The highest BCUT2D eigenvalue weighted by Crippen LogP contribution is 2.13. The van der Waals surface area contributed by atoms with Crippen LogP contribution >= 0.6 is 0 Å². The summed E-state index contributed by atoms with van der Waals surface area (Å²) in [4.78, 5) is 4.11. The van der Waals surface area contributed by atoms with Crippen LogP contribution in [0.5, 0.6) is 0 Å². The molecule has 0 amide bonds. The van der Waals surface area contributed by atoms with E-state index < -0.39 is 6.10 Å². The third-order valence-electron chi connectivity index (χ3n) is 2.27. The van der Waals surface area contributed by atoms with E-state index in [0.29, 0.717) is 23.8 Å². The van der Waals surface area contributed by atoms with Gasteiger partial charge in [0, 0.05) is 0 Å². The Labute approximate surface area is 91.9 Å². The summed E-state index contributed by atoms with van der Waals surface area (Å²) in [5, 5.41) is 23.4. The van der Waals surface area contributed by atoms with Crippen LogP contribution in [0.3, 0.4) is 0 Å². The van der Waals surface area contributed by atoms with Crippen LogP contribution in [-0.2, 0) is 6.42 Å². The van der Waals surface area contributed by atoms with Gasteiger partial charge in [0.2, 0.25) is 11.7 Å². The smallest absolute Gasteiger partial charge is 0.229 e. The minimum atomic E-state index is -0.481. The van der Waals surface area contributed by atoms with E-state index in [1.165, 1.54) is 6.20 Å². The van der Waals surface area contributed by atoms with Crippen LogP contribution in [0.2, 0.25) is 0 Å². The van der Waals surface area contributed by atoms with Crippen LogP contribution in [0.25, 0.3) is 11.5 Å². The molecule has 0 bridgehead atoms. The molecule has 86 valence electrons. The quantitative estimate of drug-likeness (QED) is 0.778. The first-order valence-corrected chi connectivity index (χ1v) is 5.03. The van der Waals surface area contributed by atoms with Crippen molar-refractivity contribution in [2.24, 2.45) is 5.92 Å². The summed E-state index contributed by atoms with van der Waals surface area (Å²) in [5.41, 5.74) is 0.522. The summed E-state index contributed by atoms with van der Waals surface area (Å²) < 4.78 is 5.01. The topological polar surface area (TPSA) is 101 Å². The Kier molecular flexibility index (Phi) is 2.95. The Morgan fingerprint density at radius 2 is 2.31 bits per heavy atom. The van der Waals surface area contributed by atoms with Crippen molar-refractivity contribution in [2.75, 3.05) is 0 Å². The van der Waals surface area contributed by atoms with Gasteiger partial charge in [0.25, 0.3) is 0 Å². The van der Waals surface area contributed by atoms with Crippen LogP contribution < -0.4 is 0 Å². The number of aromatic nitrogens is 5. The van der Waals surface area contributed by atoms with E-state index in [1.54, 1.807) is 0 Å². The van der Waals surface area contributed by atoms with Crippen molar-refractivity contribution in [2.45, 2.75) is 26.4 Å². The molecule has 7 nitrogen and oxygen atoms in total.